The second-order valence-corrected chi connectivity index (χ2v) is 11.7. The highest BCUT2D eigenvalue weighted by Gasteiger charge is 2.41. The van der Waals surface area contributed by atoms with Crippen molar-refractivity contribution in [2.45, 2.75) is 54.9 Å². The fourth-order valence-electron chi connectivity index (χ4n) is 5.27. The highest BCUT2D eigenvalue weighted by Crippen LogP contribution is 2.35. The Bertz CT molecular complexity index is 1790. The third kappa shape index (κ3) is 4.46. The lowest BCUT2D eigenvalue weighted by Gasteiger charge is -2.34. The van der Waals surface area contributed by atoms with E-state index in [2.05, 4.69) is 9.97 Å². The maximum absolute atomic E-state index is 14.2. The zero-order valence-electron chi connectivity index (χ0n) is 22.2. The highest BCUT2D eigenvalue weighted by atomic mass is 32.2. The molecule has 0 radical (unpaired) electrons. The van der Waals surface area contributed by atoms with Crippen molar-refractivity contribution in [2.24, 2.45) is 0 Å². The molecule has 2 aromatic carbocycles. The normalized spacial score (nSPS) is 16.4. The average Bonchev–Trinajstić information content (AvgIpc) is 2.96. The first-order valence-corrected chi connectivity index (χ1v) is 14.6. The molecule has 0 bridgehead atoms. The smallest absolute Gasteiger partial charge is 0.278 e. The number of hydrogen-bond donors (Lipinski definition) is 1. The van der Waals surface area contributed by atoms with Crippen LogP contribution < -0.4 is 5.56 Å². The number of aromatic hydroxyl groups is 1. The molecule has 5 rings (SSSR count). The van der Waals surface area contributed by atoms with Gasteiger partial charge in [0.1, 0.15) is 11.4 Å². The molecule has 0 amide bonds. The average molecular weight is 556 g/mol. The number of aryl methyl sites for hydroxylation is 2. The molecular formula is C31H29N3O5S. The van der Waals surface area contributed by atoms with Crippen LogP contribution in [0.15, 0.2) is 93.6 Å². The number of unbranched alkanes of at least 4 members (excludes halogenated alkanes) is 1. The molecule has 0 saturated carbocycles. The summed E-state index contributed by atoms with van der Waals surface area (Å²) in [5.74, 6) is -0.743. The second-order valence-electron chi connectivity index (χ2n) is 9.80. The first-order valence-electron chi connectivity index (χ1n) is 13.1. The van der Waals surface area contributed by atoms with Crippen molar-refractivity contribution in [3.63, 3.8) is 0 Å². The predicted molar refractivity (Wildman–Crippen MR) is 151 cm³/mol. The van der Waals surface area contributed by atoms with Crippen LogP contribution in [-0.4, -0.2) is 34.3 Å². The van der Waals surface area contributed by atoms with Gasteiger partial charge in [0.15, 0.2) is 11.2 Å². The van der Waals surface area contributed by atoms with E-state index in [4.69, 9.17) is 0 Å². The predicted octanol–water partition coefficient (Wildman–Crippen LogP) is 4.55. The molecule has 0 unspecified atom stereocenters. The van der Waals surface area contributed by atoms with Crippen LogP contribution >= 0.6 is 0 Å². The Morgan fingerprint density at radius 3 is 2.52 bits per heavy atom. The number of benzene rings is 2. The quantitative estimate of drug-likeness (QED) is 0.250. The number of rotatable bonds is 8. The summed E-state index contributed by atoms with van der Waals surface area (Å²) in [6.45, 7) is 3.82. The molecule has 0 spiro atoms. The highest BCUT2D eigenvalue weighted by molar-refractivity contribution is 7.91. The molecule has 204 valence electrons. The van der Waals surface area contributed by atoms with E-state index < -0.39 is 31.7 Å². The zero-order chi connectivity index (χ0) is 28.5. The van der Waals surface area contributed by atoms with Gasteiger partial charge in [-0.15, -0.1) is 0 Å². The maximum Gasteiger partial charge on any atom is 0.278 e. The van der Waals surface area contributed by atoms with Gasteiger partial charge in [0, 0.05) is 23.9 Å². The molecule has 1 N–H and O–H groups in total. The van der Waals surface area contributed by atoms with E-state index >= 15 is 0 Å². The van der Waals surface area contributed by atoms with Gasteiger partial charge in [0.05, 0.1) is 4.90 Å². The summed E-state index contributed by atoms with van der Waals surface area (Å²) in [4.78, 5) is 34.5. The molecule has 1 aliphatic carbocycles. The number of aldehydes is 1. The Morgan fingerprint density at radius 2 is 1.82 bits per heavy atom. The van der Waals surface area contributed by atoms with Crippen molar-refractivity contribution in [3.05, 3.63) is 112 Å². The molecule has 1 aliphatic rings. The van der Waals surface area contributed by atoms with Gasteiger partial charge < -0.3 is 5.11 Å². The molecule has 40 heavy (non-hydrogen) atoms. The first-order chi connectivity index (χ1) is 19.2. The Balaban J connectivity index is 1.72. The van der Waals surface area contributed by atoms with E-state index in [1.54, 1.807) is 48.7 Å². The van der Waals surface area contributed by atoms with Crippen LogP contribution in [0, 0.1) is 6.92 Å². The SMILES string of the molecule is CCCCc1nc(O)c(S(=O)(=O)c2ccc(-c3cccnc3C)cc2)c(=O)n1[C@@]1(C=O)C=CCc2ccccc21. The van der Waals surface area contributed by atoms with Crippen LogP contribution in [0.2, 0.25) is 0 Å². The molecule has 0 fully saturated rings. The standard InChI is InChI=1S/C31H29N3O5S/c1-3-4-13-27-33-29(36)28(30(37)34(27)31(20-35)18-7-10-23-9-5-6-12-26(23)31)40(38,39)24-16-14-22(15-17-24)25-11-8-19-32-21(25)2/h5-9,11-12,14-20,36H,3-4,10,13H2,1-2H3/t31-/m1/s1. The number of hydrogen-bond acceptors (Lipinski definition) is 7. The van der Waals surface area contributed by atoms with E-state index in [0.29, 0.717) is 24.7 Å². The van der Waals surface area contributed by atoms with Gasteiger partial charge in [0.2, 0.25) is 15.7 Å². The number of carbonyl (C=O) groups excluding carboxylic acids is 1. The third-order valence-corrected chi connectivity index (χ3v) is 9.09. The van der Waals surface area contributed by atoms with Crippen LogP contribution in [0.3, 0.4) is 0 Å². The lowest BCUT2D eigenvalue weighted by atomic mass is 9.81. The fraction of sp³-hybridized carbons (Fsp3) is 0.226. The summed E-state index contributed by atoms with van der Waals surface area (Å²) in [5.41, 5.74) is 1.17. The van der Waals surface area contributed by atoms with Gasteiger partial charge in [-0.2, -0.15) is 4.98 Å². The van der Waals surface area contributed by atoms with Crippen molar-refractivity contribution in [1.82, 2.24) is 14.5 Å². The van der Waals surface area contributed by atoms with Gasteiger partial charge in [-0.1, -0.05) is 68.0 Å². The summed E-state index contributed by atoms with van der Waals surface area (Å²) in [6.07, 6.45) is 7.92. The minimum Gasteiger partial charge on any atom is -0.492 e. The van der Waals surface area contributed by atoms with E-state index in [9.17, 15) is 23.1 Å². The molecule has 4 aromatic rings. The number of carbonyl (C=O) groups is 1. The second kappa shape index (κ2) is 10.7. The fourth-order valence-corrected chi connectivity index (χ4v) is 6.61. The summed E-state index contributed by atoms with van der Waals surface area (Å²) < 4.78 is 28.9. The largest absolute Gasteiger partial charge is 0.492 e. The molecule has 1 atom stereocenters. The first kappa shape index (κ1) is 27.2. The van der Waals surface area contributed by atoms with Gasteiger partial charge in [-0.25, -0.2) is 8.42 Å². The van der Waals surface area contributed by atoms with Crippen LogP contribution in [0.25, 0.3) is 11.1 Å². The topological polar surface area (TPSA) is 119 Å². The van der Waals surface area contributed by atoms with Crippen molar-refractivity contribution < 1.29 is 18.3 Å². The van der Waals surface area contributed by atoms with Crippen molar-refractivity contribution in [3.8, 4) is 17.0 Å². The Labute approximate surface area is 232 Å². The Hall–Kier alpha value is -4.37. The van der Waals surface area contributed by atoms with Crippen LogP contribution in [0.4, 0.5) is 0 Å². The lowest BCUT2D eigenvalue weighted by molar-refractivity contribution is -0.112. The van der Waals surface area contributed by atoms with Crippen LogP contribution in [0.1, 0.15) is 42.4 Å². The third-order valence-electron chi connectivity index (χ3n) is 7.31. The summed E-state index contributed by atoms with van der Waals surface area (Å²) >= 11 is 0. The summed E-state index contributed by atoms with van der Waals surface area (Å²) in [7, 11) is -4.52. The van der Waals surface area contributed by atoms with Gasteiger partial charge in [-0.05, 0) is 54.7 Å². The number of pyridine rings is 1. The number of sulfone groups is 1. The molecule has 0 saturated heterocycles. The number of nitrogens with zero attached hydrogens (tertiary/aromatic N) is 3. The van der Waals surface area contributed by atoms with Crippen molar-refractivity contribution in [2.75, 3.05) is 0 Å². The maximum atomic E-state index is 14.2. The van der Waals surface area contributed by atoms with Gasteiger partial charge >= 0.3 is 0 Å². The minimum atomic E-state index is -4.52. The van der Waals surface area contributed by atoms with Crippen molar-refractivity contribution >= 4 is 16.1 Å². The van der Waals surface area contributed by atoms with Crippen LogP contribution in [-0.2, 0) is 33.0 Å². The van der Waals surface area contributed by atoms with Crippen molar-refractivity contribution in [1.29, 1.82) is 0 Å². The van der Waals surface area contributed by atoms with E-state index in [-0.39, 0.29) is 17.1 Å². The number of allylic oxidation sites excluding steroid dienone is 2. The molecule has 8 nitrogen and oxygen atoms in total. The van der Waals surface area contributed by atoms with E-state index in [1.165, 1.54) is 12.1 Å². The van der Waals surface area contributed by atoms with E-state index in [1.807, 2.05) is 32.0 Å². The number of aromatic nitrogens is 3. The molecule has 2 heterocycles. The monoisotopic (exact) mass is 555 g/mol. The lowest BCUT2D eigenvalue weighted by Crippen LogP contribution is -2.47. The molecule has 0 aliphatic heterocycles. The molecule has 9 heteroatoms. The summed E-state index contributed by atoms with van der Waals surface area (Å²) in [5, 5.41) is 10.9. The summed E-state index contributed by atoms with van der Waals surface area (Å²) in [6, 6.07) is 16.9. The van der Waals surface area contributed by atoms with Gasteiger partial charge in [-0.3, -0.25) is 19.1 Å². The van der Waals surface area contributed by atoms with E-state index in [0.717, 1.165) is 33.4 Å². The molecular weight excluding hydrogens is 526 g/mol. The Morgan fingerprint density at radius 1 is 1.07 bits per heavy atom. The Kier molecular flexibility index (Phi) is 7.25. The van der Waals surface area contributed by atoms with Gasteiger partial charge in [0.25, 0.3) is 5.56 Å². The zero-order valence-corrected chi connectivity index (χ0v) is 23.1. The molecule has 2 aromatic heterocycles. The number of fused-ring (bicyclic) bond motifs is 1. The minimum absolute atomic E-state index is 0.138. The van der Waals surface area contributed by atoms with Crippen LogP contribution in [0.5, 0.6) is 5.88 Å².